The van der Waals surface area contributed by atoms with Crippen molar-refractivity contribution in [3.63, 3.8) is 0 Å². The summed E-state index contributed by atoms with van der Waals surface area (Å²) in [5, 5.41) is 15.9. The minimum absolute atomic E-state index is 0.0580. The normalized spacial score (nSPS) is 14.1. The summed E-state index contributed by atoms with van der Waals surface area (Å²) < 4.78 is 0. The number of aromatic nitrogens is 1. The first-order valence-electron chi connectivity index (χ1n) is 6.88. The fourth-order valence-corrected chi connectivity index (χ4v) is 2.18. The second kappa shape index (κ2) is 5.65. The van der Waals surface area contributed by atoms with Crippen molar-refractivity contribution in [3.8, 4) is 0 Å². The molecule has 112 valence electrons. The summed E-state index contributed by atoms with van der Waals surface area (Å²) in [7, 11) is 0. The first-order chi connectivity index (χ1) is 9.89. The van der Waals surface area contributed by atoms with Crippen molar-refractivity contribution in [2.75, 3.05) is 11.9 Å². The van der Waals surface area contributed by atoms with E-state index in [0.717, 1.165) is 11.1 Å². The molecular formula is C15H20N4O2. The van der Waals surface area contributed by atoms with Crippen molar-refractivity contribution in [2.45, 2.75) is 26.3 Å². The molecule has 0 aliphatic heterocycles. The quantitative estimate of drug-likeness (QED) is 0.651. The standard InChI is InChI=1S/C15H20N4O2/c1-10(2)15(3,9-16)18-13-4-5-14(19(20)21)12-8-17-7-6-11(12)13/h4-8,10,18H,9,16H2,1-3H3. The number of nitro groups is 1. The highest BCUT2D eigenvalue weighted by molar-refractivity contribution is 5.99. The molecule has 6 heteroatoms. The van der Waals surface area contributed by atoms with E-state index < -0.39 is 4.92 Å². The van der Waals surface area contributed by atoms with Gasteiger partial charge in [0.2, 0.25) is 0 Å². The summed E-state index contributed by atoms with van der Waals surface area (Å²) in [6.07, 6.45) is 3.15. The smallest absolute Gasteiger partial charge is 0.278 e. The maximum atomic E-state index is 11.1. The van der Waals surface area contributed by atoms with Gasteiger partial charge in [0.15, 0.2) is 0 Å². The summed E-state index contributed by atoms with van der Waals surface area (Å²) in [6.45, 7) is 6.70. The van der Waals surface area contributed by atoms with Gasteiger partial charge in [-0.25, -0.2) is 0 Å². The molecule has 1 heterocycles. The number of rotatable bonds is 5. The van der Waals surface area contributed by atoms with E-state index in [-0.39, 0.29) is 11.2 Å². The lowest BCUT2D eigenvalue weighted by atomic mass is 9.88. The van der Waals surface area contributed by atoms with Crippen LogP contribution >= 0.6 is 0 Å². The molecule has 3 N–H and O–H groups in total. The van der Waals surface area contributed by atoms with E-state index in [9.17, 15) is 10.1 Å². The van der Waals surface area contributed by atoms with Gasteiger partial charge in [-0.2, -0.15) is 0 Å². The Balaban J connectivity index is 2.56. The van der Waals surface area contributed by atoms with Crippen LogP contribution in [0.2, 0.25) is 0 Å². The van der Waals surface area contributed by atoms with Gasteiger partial charge in [-0.15, -0.1) is 0 Å². The van der Waals surface area contributed by atoms with Gasteiger partial charge >= 0.3 is 0 Å². The van der Waals surface area contributed by atoms with E-state index in [1.54, 1.807) is 18.3 Å². The Bertz CT molecular complexity index is 672. The molecule has 21 heavy (non-hydrogen) atoms. The maximum absolute atomic E-state index is 11.1. The van der Waals surface area contributed by atoms with Crippen LogP contribution in [0.25, 0.3) is 10.8 Å². The van der Waals surface area contributed by atoms with Crippen molar-refractivity contribution in [1.29, 1.82) is 0 Å². The second-order valence-electron chi connectivity index (χ2n) is 5.71. The fourth-order valence-electron chi connectivity index (χ4n) is 2.18. The number of nitrogens with two attached hydrogens (primary N) is 1. The molecule has 1 aromatic carbocycles. The molecule has 0 aliphatic carbocycles. The van der Waals surface area contributed by atoms with Crippen molar-refractivity contribution in [3.05, 3.63) is 40.7 Å². The molecule has 0 saturated carbocycles. The van der Waals surface area contributed by atoms with Crippen LogP contribution in [0.1, 0.15) is 20.8 Å². The van der Waals surface area contributed by atoms with Gasteiger partial charge in [-0.1, -0.05) is 13.8 Å². The Labute approximate surface area is 123 Å². The number of anilines is 1. The van der Waals surface area contributed by atoms with Gasteiger partial charge < -0.3 is 11.1 Å². The molecule has 1 unspecified atom stereocenters. The van der Waals surface area contributed by atoms with E-state index in [1.165, 1.54) is 12.3 Å². The largest absolute Gasteiger partial charge is 0.378 e. The molecule has 0 fully saturated rings. The molecule has 2 rings (SSSR count). The molecule has 0 amide bonds. The van der Waals surface area contributed by atoms with Crippen molar-refractivity contribution < 1.29 is 4.92 Å². The number of fused-ring (bicyclic) bond motifs is 1. The van der Waals surface area contributed by atoms with Gasteiger partial charge in [0.05, 0.1) is 10.3 Å². The molecule has 0 saturated heterocycles. The predicted molar refractivity (Wildman–Crippen MR) is 84.3 cm³/mol. The Morgan fingerprint density at radius 1 is 1.38 bits per heavy atom. The Kier molecular flexibility index (Phi) is 4.09. The summed E-state index contributed by atoms with van der Waals surface area (Å²) >= 11 is 0. The van der Waals surface area contributed by atoms with Crippen LogP contribution in [0.3, 0.4) is 0 Å². The zero-order valence-corrected chi connectivity index (χ0v) is 12.5. The van der Waals surface area contributed by atoms with Crippen LogP contribution in [-0.4, -0.2) is 22.0 Å². The SMILES string of the molecule is CC(C)C(C)(CN)Nc1ccc([N+](=O)[O-])c2cnccc12. The highest BCUT2D eigenvalue weighted by Gasteiger charge is 2.27. The Morgan fingerprint density at radius 3 is 2.67 bits per heavy atom. The second-order valence-corrected chi connectivity index (χ2v) is 5.71. The molecule has 1 atom stereocenters. The number of hydrogen-bond acceptors (Lipinski definition) is 5. The zero-order valence-electron chi connectivity index (χ0n) is 12.5. The number of benzene rings is 1. The third-order valence-electron chi connectivity index (χ3n) is 4.11. The van der Waals surface area contributed by atoms with Gasteiger partial charge in [0.1, 0.15) is 0 Å². The summed E-state index contributed by atoms with van der Waals surface area (Å²) in [4.78, 5) is 14.7. The van der Waals surface area contributed by atoms with Crippen LogP contribution in [0.5, 0.6) is 0 Å². The number of pyridine rings is 1. The molecule has 1 aromatic heterocycles. The van der Waals surface area contributed by atoms with Crippen molar-refractivity contribution in [1.82, 2.24) is 4.98 Å². The van der Waals surface area contributed by atoms with Crippen LogP contribution in [0.4, 0.5) is 11.4 Å². The molecule has 6 nitrogen and oxygen atoms in total. The average Bonchev–Trinajstić information content (AvgIpc) is 2.46. The van der Waals surface area contributed by atoms with E-state index in [2.05, 4.69) is 24.1 Å². The number of nitrogens with zero attached hydrogens (tertiary/aromatic N) is 2. The minimum Gasteiger partial charge on any atom is -0.378 e. The lowest BCUT2D eigenvalue weighted by Gasteiger charge is -2.35. The van der Waals surface area contributed by atoms with Crippen LogP contribution < -0.4 is 11.1 Å². The van der Waals surface area contributed by atoms with E-state index in [4.69, 9.17) is 5.73 Å². The van der Waals surface area contributed by atoms with Gasteiger partial charge in [-0.05, 0) is 25.0 Å². The number of hydrogen-bond donors (Lipinski definition) is 2. The third-order valence-corrected chi connectivity index (χ3v) is 4.11. The van der Waals surface area contributed by atoms with Crippen molar-refractivity contribution >= 4 is 22.1 Å². The average molecular weight is 288 g/mol. The first-order valence-corrected chi connectivity index (χ1v) is 6.88. The fraction of sp³-hybridized carbons (Fsp3) is 0.400. The van der Waals surface area contributed by atoms with Gasteiger partial charge in [-0.3, -0.25) is 15.1 Å². The lowest BCUT2D eigenvalue weighted by molar-refractivity contribution is -0.383. The highest BCUT2D eigenvalue weighted by atomic mass is 16.6. The molecule has 0 radical (unpaired) electrons. The minimum atomic E-state index is -0.391. The van der Waals surface area contributed by atoms with E-state index in [0.29, 0.717) is 17.8 Å². The van der Waals surface area contributed by atoms with E-state index >= 15 is 0 Å². The maximum Gasteiger partial charge on any atom is 0.278 e. The van der Waals surface area contributed by atoms with Crippen LogP contribution in [-0.2, 0) is 0 Å². The third kappa shape index (κ3) is 2.80. The van der Waals surface area contributed by atoms with Gasteiger partial charge in [0, 0.05) is 41.6 Å². The predicted octanol–water partition coefficient (Wildman–Crippen LogP) is 2.93. The topological polar surface area (TPSA) is 94.1 Å². The van der Waals surface area contributed by atoms with Gasteiger partial charge in [0.25, 0.3) is 5.69 Å². The van der Waals surface area contributed by atoms with Crippen molar-refractivity contribution in [2.24, 2.45) is 11.7 Å². The molecular weight excluding hydrogens is 268 g/mol. The monoisotopic (exact) mass is 288 g/mol. The highest BCUT2D eigenvalue weighted by Crippen LogP contribution is 2.33. The summed E-state index contributed by atoms with van der Waals surface area (Å²) in [6, 6.07) is 5.02. The summed E-state index contributed by atoms with van der Waals surface area (Å²) in [5.41, 5.74) is 6.50. The summed E-state index contributed by atoms with van der Waals surface area (Å²) in [5.74, 6) is 0.314. The Hall–Kier alpha value is -2.21. The number of nitro benzene ring substituents is 1. The molecule has 0 aliphatic rings. The van der Waals surface area contributed by atoms with E-state index in [1.807, 2.05) is 6.92 Å². The van der Waals surface area contributed by atoms with Crippen LogP contribution in [0.15, 0.2) is 30.6 Å². The molecule has 2 aromatic rings. The molecule has 0 spiro atoms. The zero-order chi connectivity index (χ0) is 15.6. The van der Waals surface area contributed by atoms with Crippen LogP contribution in [0, 0.1) is 16.0 Å². The molecule has 0 bridgehead atoms. The first kappa shape index (κ1) is 15.2. The Morgan fingerprint density at radius 2 is 2.10 bits per heavy atom. The number of non-ortho nitro benzene ring substituents is 1. The lowest BCUT2D eigenvalue weighted by Crippen LogP contribution is -2.47. The number of nitrogens with one attached hydrogen (secondary N) is 1.